The second-order valence-electron chi connectivity index (χ2n) is 16.6. The van der Waals surface area contributed by atoms with Gasteiger partial charge in [0.25, 0.3) is 0 Å². The number of carbonyl (C=O) groups excluding carboxylic acids is 2. The second kappa shape index (κ2) is 33.1. The van der Waals surface area contributed by atoms with Crippen LogP contribution in [0.3, 0.4) is 0 Å². The van der Waals surface area contributed by atoms with E-state index in [2.05, 4.69) is 13.8 Å². The van der Waals surface area contributed by atoms with E-state index in [1.807, 2.05) is 0 Å². The highest BCUT2D eigenvalue weighted by molar-refractivity contribution is 5.70. The summed E-state index contributed by atoms with van der Waals surface area (Å²) in [7, 11) is 0. The van der Waals surface area contributed by atoms with Crippen LogP contribution in [0.25, 0.3) is 0 Å². The van der Waals surface area contributed by atoms with Crippen molar-refractivity contribution in [2.75, 3.05) is 26.4 Å². The molecule has 2 heterocycles. The van der Waals surface area contributed by atoms with Crippen LogP contribution >= 0.6 is 0 Å². The monoisotopic (exact) mass is 851 g/mol. The van der Waals surface area contributed by atoms with E-state index >= 15 is 0 Å². The topological polar surface area (TPSA) is 231 Å². The van der Waals surface area contributed by atoms with Crippen LogP contribution in [0.5, 0.6) is 0 Å². The molecule has 348 valence electrons. The highest BCUT2D eigenvalue weighted by Gasteiger charge is 2.47. The van der Waals surface area contributed by atoms with Crippen molar-refractivity contribution in [3.8, 4) is 0 Å². The zero-order chi connectivity index (χ0) is 43.3. The van der Waals surface area contributed by atoms with E-state index in [4.69, 9.17) is 28.4 Å². The van der Waals surface area contributed by atoms with Crippen molar-refractivity contribution in [2.45, 2.75) is 242 Å². The molecule has 2 aliphatic heterocycles. The molecule has 59 heavy (non-hydrogen) atoms. The molecule has 15 nitrogen and oxygen atoms in total. The molecule has 0 aromatic heterocycles. The van der Waals surface area contributed by atoms with Crippen molar-refractivity contribution in [3.63, 3.8) is 0 Å². The summed E-state index contributed by atoms with van der Waals surface area (Å²) in [6.45, 7) is 2.57. The van der Waals surface area contributed by atoms with Gasteiger partial charge in [0.15, 0.2) is 18.7 Å². The van der Waals surface area contributed by atoms with Crippen LogP contribution in [0.1, 0.15) is 174 Å². The zero-order valence-corrected chi connectivity index (χ0v) is 36.3. The molecule has 2 rings (SSSR count). The first-order valence-corrected chi connectivity index (χ1v) is 23.1. The SMILES string of the molecule is CCCCCCCCCCCCCCCC(=O)OC[C@H](CO[C@@H]1O[C@H](CO[C@@H]2O[C@H](CO)[C@H](O)C(O)C2O)[C@H](O)C(O)C1O)OC(=O)CCCCCCCCCCCC. The Bertz CT molecular complexity index is 1050. The second-order valence-corrected chi connectivity index (χ2v) is 16.6. The minimum atomic E-state index is -1.76. The van der Waals surface area contributed by atoms with E-state index < -0.39 is 92.7 Å². The van der Waals surface area contributed by atoms with Gasteiger partial charge < -0.3 is 64.2 Å². The zero-order valence-electron chi connectivity index (χ0n) is 36.3. The van der Waals surface area contributed by atoms with E-state index in [1.165, 1.54) is 96.3 Å². The lowest BCUT2D eigenvalue weighted by Crippen LogP contribution is -2.61. The quantitative estimate of drug-likeness (QED) is 0.0333. The maximum Gasteiger partial charge on any atom is 0.306 e. The predicted octanol–water partition coefficient (Wildman–Crippen LogP) is 4.87. The number of aliphatic hydroxyl groups is 7. The molecule has 0 spiro atoms. The normalized spacial score (nSPS) is 27.7. The van der Waals surface area contributed by atoms with E-state index in [-0.39, 0.29) is 26.1 Å². The molecule has 0 saturated carbocycles. The van der Waals surface area contributed by atoms with Gasteiger partial charge in [-0.05, 0) is 12.8 Å². The van der Waals surface area contributed by atoms with E-state index in [0.717, 1.165) is 38.5 Å². The van der Waals surface area contributed by atoms with Gasteiger partial charge >= 0.3 is 11.9 Å². The Morgan fingerprint density at radius 1 is 0.475 bits per heavy atom. The van der Waals surface area contributed by atoms with Crippen molar-refractivity contribution < 1.29 is 73.8 Å². The Hall–Kier alpha value is -1.50. The average Bonchev–Trinajstić information content (AvgIpc) is 3.23. The van der Waals surface area contributed by atoms with Gasteiger partial charge in [-0.2, -0.15) is 0 Å². The summed E-state index contributed by atoms with van der Waals surface area (Å²) < 4.78 is 33.4. The van der Waals surface area contributed by atoms with Gasteiger partial charge in [0, 0.05) is 12.8 Å². The first kappa shape index (κ1) is 53.6. The number of aliphatic hydroxyl groups excluding tert-OH is 7. The number of hydrogen-bond donors (Lipinski definition) is 7. The number of carbonyl (C=O) groups is 2. The fraction of sp³-hybridized carbons (Fsp3) is 0.955. The Morgan fingerprint density at radius 2 is 0.864 bits per heavy atom. The van der Waals surface area contributed by atoms with Crippen molar-refractivity contribution >= 4 is 11.9 Å². The van der Waals surface area contributed by atoms with Gasteiger partial charge in [-0.25, -0.2) is 0 Å². The maximum absolute atomic E-state index is 12.9. The van der Waals surface area contributed by atoms with E-state index in [0.29, 0.717) is 12.8 Å². The Labute approximate surface area is 353 Å². The molecular formula is C44H82O15. The Kier molecular flexibility index (Phi) is 30.1. The lowest BCUT2D eigenvalue weighted by atomic mass is 9.98. The number of esters is 2. The Morgan fingerprint density at radius 3 is 1.32 bits per heavy atom. The lowest BCUT2D eigenvalue weighted by Gasteiger charge is -2.42. The number of rotatable bonds is 35. The highest BCUT2D eigenvalue weighted by Crippen LogP contribution is 2.26. The molecule has 0 aliphatic carbocycles. The van der Waals surface area contributed by atoms with Crippen LogP contribution in [0, 0.1) is 0 Å². The van der Waals surface area contributed by atoms with E-state index in [9.17, 15) is 45.3 Å². The molecule has 0 amide bonds. The molecule has 0 aromatic rings. The summed E-state index contributed by atoms with van der Waals surface area (Å²) in [5.74, 6) is -0.918. The molecule has 0 radical (unpaired) electrons. The van der Waals surface area contributed by atoms with Crippen LogP contribution in [-0.4, -0.2) is 142 Å². The van der Waals surface area contributed by atoms with Crippen molar-refractivity contribution in [1.29, 1.82) is 0 Å². The molecule has 2 saturated heterocycles. The van der Waals surface area contributed by atoms with Crippen molar-refractivity contribution in [1.82, 2.24) is 0 Å². The van der Waals surface area contributed by atoms with E-state index in [1.54, 1.807) is 0 Å². The fourth-order valence-electron chi connectivity index (χ4n) is 7.45. The minimum Gasteiger partial charge on any atom is -0.462 e. The van der Waals surface area contributed by atoms with Crippen molar-refractivity contribution in [2.24, 2.45) is 0 Å². The van der Waals surface area contributed by atoms with Crippen LogP contribution in [0.15, 0.2) is 0 Å². The van der Waals surface area contributed by atoms with Crippen LogP contribution in [0.2, 0.25) is 0 Å². The van der Waals surface area contributed by atoms with Gasteiger partial charge in [-0.15, -0.1) is 0 Å². The number of ether oxygens (including phenoxy) is 6. The summed E-state index contributed by atoms with van der Waals surface area (Å²) in [6.07, 6.45) is 10.1. The summed E-state index contributed by atoms with van der Waals surface area (Å²) >= 11 is 0. The molecule has 4 unspecified atom stereocenters. The summed E-state index contributed by atoms with van der Waals surface area (Å²) in [5.41, 5.74) is 0. The molecule has 0 bridgehead atoms. The van der Waals surface area contributed by atoms with Crippen LogP contribution in [0.4, 0.5) is 0 Å². The van der Waals surface area contributed by atoms with Gasteiger partial charge in [-0.3, -0.25) is 9.59 Å². The standard InChI is InChI=1S/C44H82O15/c1-3-5-7-9-11-13-15-16-17-19-20-22-24-26-35(46)54-29-32(57-36(47)27-25-23-21-18-14-12-10-8-6-4-2)30-55-43-42(53)40(51)38(49)34(59-43)31-56-44-41(52)39(50)37(48)33(28-45)58-44/h32-34,37-45,48-53H,3-31H2,1-2H3/t32-,33-,34-,37+,38+,39?,40?,41?,42?,43-,44-/m1/s1. The summed E-state index contributed by atoms with van der Waals surface area (Å²) in [4.78, 5) is 25.6. The Balaban J connectivity index is 1.84. The summed E-state index contributed by atoms with van der Waals surface area (Å²) in [6, 6.07) is 0. The largest absolute Gasteiger partial charge is 0.462 e. The van der Waals surface area contributed by atoms with Gasteiger partial charge in [0.2, 0.25) is 0 Å². The predicted molar refractivity (Wildman–Crippen MR) is 220 cm³/mol. The summed E-state index contributed by atoms with van der Waals surface area (Å²) in [5, 5.41) is 71.8. The minimum absolute atomic E-state index is 0.171. The first-order chi connectivity index (χ1) is 28.5. The third-order valence-corrected chi connectivity index (χ3v) is 11.3. The molecule has 11 atom stereocenters. The van der Waals surface area contributed by atoms with Crippen molar-refractivity contribution in [3.05, 3.63) is 0 Å². The van der Waals surface area contributed by atoms with Gasteiger partial charge in [-0.1, -0.05) is 149 Å². The number of unbranched alkanes of at least 4 members (excludes halogenated alkanes) is 21. The molecule has 7 N–H and O–H groups in total. The molecule has 2 fully saturated rings. The fourth-order valence-corrected chi connectivity index (χ4v) is 7.45. The highest BCUT2D eigenvalue weighted by atomic mass is 16.7. The molecule has 0 aromatic carbocycles. The maximum atomic E-state index is 12.9. The number of hydrogen-bond acceptors (Lipinski definition) is 15. The molecule has 15 heteroatoms. The lowest BCUT2D eigenvalue weighted by molar-refractivity contribution is -0.332. The first-order valence-electron chi connectivity index (χ1n) is 23.1. The van der Waals surface area contributed by atoms with Crippen LogP contribution in [-0.2, 0) is 38.0 Å². The molecule has 2 aliphatic rings. The third-order valence-electron chi connectivity index (χ3n) is 11.3. The van der Waals surface area contributed by atoms with Crippen LogP contribution < -0.4 is 0 Å². The average molecular weight is 851 g/mol. The third kappa shape index (κ3) is 22.4. The van der Waals surface area contributed by atoms with Gasteiger partial charge in [0.05, 0.1) is 19.8 Å². The molecular weight excluding hydrogens is 768 g/mol. The smallest absolute Gasteiger partial charge is 0.306 e. The van der Waals surface area contributed by atoms with Gasteiger partial charge in [0.1, 0.15) is 55.4 Å².